The molecule has 0 radical (unpaired) electrons. The first kappa shape index (κ1) is 47.9. The van der Waals surface area contributed by atoms with E-state index in [1.54, 1.807) is 0 Å². The van der Waals surface area contributed by atoms with Gasteiger partial charge in [-0.05, 0) is 117 Å². The standard InChI is InChI=1S/C64H72N2Si4/c1-63(59-21-17-15-19-55(59)57-41-31-49(43-61(57)63)65(45-23-33-51(34-24-45)67(3,4)5)46-25-35-52(36-26-46)68(6,7)8)64(2)60-22-18-16-20-56(60)58-42-32-50(44-62(58)64)66(47-27-37-53(38-28-47)69(9,10)11)48-29-39-54(40-30-48)70(12,13)14/h15-44H,1-14H3. The fourth-order valence-electron chi connectivity index (χ4n) is 11.7. The predicted molar refractivity (Wildman–Crippen MR) is 318 cm³/mol. The van der Waals surface area contributed by atoms with Crippen molar-refractivity contribution in [1.82, 2.24) is 0 Å². The van der Waals surface area contributed by atoms with Gasteiger partial charge in [0.2, 0.25) is 0 Å². The van der Waals surface area contributed by atoms with Crippen molar-refractivity contribution < 1.29 is 0 Å². The van der Waals surface area contributed by atoms with Gasteiger partial charge in [0.15, 0.2) is 0 Å². The molecule has 70 heavy (non-hydrogen) atoms. The van der Waals surface area contributed by atoms with E-state index in [0.717, 1.165) is 0 Å². The minimum Gasteiger partial charge on any atom is -0.310 e. The van der Waals surface area contributed by atoms with Gasteiger partial charge in [0.25, 0.3) is 0 Å². The molecule has 2 aliphatic rings. The van der Waals surface area contributed by atoms with Gasteiger partial charge < -0.3 is 9.80 Å². The summed E-state index contributed by atoms with van der Waals surface area (Å²) < 4.78 is 0. The molecule has 0 aliphatic heterocycles. The van der Waals surface area contributed by atoms with Crippen LogP contribution < -0.4 is 30.5 Å². The second kappa shape index (κ2) is 16.9. The van der Waals surface area contributed by atoms with Gasteiger partial charge in [-0.25, -0.2) is 0 Å². The van der Waals surface area contributed by atoms with Crippen molar-refractivity contribution in [3.8, 4) is 22.3 Å². The third-order valence-electron chi connectivity index (χ3n) is 16.1. The number of hydrogen-bond donors (Lipinski definition) is 0. The van der Waals surface area contributed by atoms with Crippen molar-refractivity contribution in [1.29, 1.82) is 0 Å². The summed E-state index contributed by atoms with van der Waals surface area (Å²) in [6.07, 6.45) is 0. The van der Waals surface area contributed by atoms with E-state index < -0.39 is 43.1 Å². The predicted octanol–water partition coefficient (Wildman–Crippen LogP) is 16.1. The number of hydrogen-bond acceptors (Lipinski definition) is 2. The second-order valence-corrected chi connectivity index (χ2v) is 45.0. The highest BCUT2D eigenvalue weighted by Gasteiger charge is 2.57. The molecule has 0 heterocycles. The quantitative estimate of drug-likeness (QED) is 0.119. The number of anilines is 6. The zero-order valence-electron chi connectivity index (χ0n) is 44.2. The smallest absolute Gasteiger partial charge is 0.0775 e. The summed E-state index contributed by atoms with van der Waals surface area (Å²) in [5.74, 6) is 0. The molecule has 0 saturated carbocycles. The first-order chi connectivity index (χ1) is 33.0. The third kappa shape index (κ3) is 7.96. The van der Waals surface area contributed by atoms with Crippen molar-refractivity contribution in [2.45, 2.75) is 103 Å². The molecule has 2 atom stereocenters. The van der Waals surface area contributed by atoms with Crippen LogP contribution in [0, 0.1) is 0 Å². The molecule has 0 N–H and O–H groups in total. The van der Waals surface area contributed by atoms with Crippen molar-refractivity contribution in [2.24, 2.45) is 0 Å². The molecule has 0 amide bonds. The minimum absolute atomic E-state index is 0.452. The Labute approximate surface area is 424 Å². The van der Waals surface area contributed by atoms with Crippen LogP contribution in [0.25, 0.3) is 22.3 Å². The molecule has 0 fully saturated rings. The van der Waals surface area contributed by atoms with Crippen molar-refractivity contribution in [2.75, 3.05) is 9.80 Å². The van der Waals surface area contributed by atoms with Gasteiger partial charge in [-0.3, -0.25) is 0 Å². The summed E-state index contributed by atoms with van der Waals surface area (Å²) in [5, 5.41) is 5.88. The molecule has 0 aromatic heterocycles. The van der Waals surface area contributed by atoms with Crippen LogP contribution in [-0.4, -0.2) is 32.3 Å². The highest BCUT2D eigenvalue weighted by molar-refractivity contribution is 6.90. The number of nitrogens with zero attached hydrogens (tertiary/aromatic N) is 2. The lowest BCUT2D eigenvalue weighted by Gasteiger charge is -2.45. The summed E-state index contributed by atoms with van der Waals surface area (Å²) in [5.41, 5.74) is 17.0. The fraction of sp³-hybridized carbons (Fsp3) is 0.250. The largest absolute Gasteiger partial charge is 0.310 e. The highest BCUT2D eigenvalue weighted by atomic mass is 28.3. The van der Waals surface area contributed by atoms with E-state index in [4.69, 9.17) is 0 Å². The van der Waals surface area contributed by atoms with Crippen molar-refractivity contribution >= 4 is 87.2 Å². The summed E-state index contributed by atoms with van der Waals surface area (Å²) in [4.78, 5) is 5.00. The molecule has 2 aliphatic carbocycles. The molecule has 8 aromatic carbocycles. The van der Waals surface area contributed by atoms with E-state index in [1.165, 1.54) is 99.4 Å². The number of rotatable bonds is 11. The maximum atomic E-state index is 2.55. The lowest BCUT2D eigenvalue weighted by Crippen LogP contribution is -2.44. The lowest BCUT2D eigenvalue weighted by atomic mass is 9.56. The normalized spacial score (nSPS) is 17.4. The van der Waals surface area contributed by atoms with Gasteiger partial charge in [0, 0.05) is 45.0 Å². The Kier molecular flexibility index (Phi) is 11.6. The molecule has 354 valence electrons. The van der Waals surface area contributed by atoms with E-state index in [1.807, 2.05) is 0 Å². The SMILES string of the molecule is CC1(C2(C)c3ccccc3-c3ccc(N(c4ccc([Si](C)(C)C)cc4)c4ccc([Si](C)(C)C)cc4)cc32)c2ccccc2-c2ccc(N(c3ccc([Si](C)(C)C)cc3)c3ccc([Si](C)(C)C)cc3)cc21. The Balaban J connectivity index is 1.19. The minimum atomic E-state index is -1.51. The maximum absolute atomic E-state index is 2.55. The zero-order chi connectivity index (χ0) is 49.8. The van der Waals surface area contributed by atoms with Crippen LogP contribution in [-0.2, 0) is 10.8 Å². The van der Waals surface area contributed by atoms with Crippen LogP contribution in [0.2, 0.25) is 78.6 Å². The fourth-order valence-corrected chi connectivity index (χ4v) is 16.3. The van der Waals surface area contributed by atoms with Gasteiger partial charge in [0.1, 0.15) is 0 Å². The Morgan fingerprint density at radius 2 is 0.486 bits per heavy atom. The monoisotopic (exact) mass is 980 g/mol. The number of benzene rings is 8. The topological polar surface area (TPSA) is 6.48 Å². The van der Waals surface area contributed by atoms with Gasteiger partial charge in [-0.2, -0.15) is 0 Å². The number of fused-ring (bicyclic) bond motifs is 6. The molecule has 0 spiro atoms. The van der Waals surface area contributed by atoms with Crippen LogP contribution >= 0.6 is 0 Å². The van der Waals surface area contributed by atoms with Crippen molar-refractivity contribution in [3.63, 3.8) is 0 Å². The van der Waals surface area contributed by atoms with Gasteiger partial charge in [-0.1, -0.05) is 222 Å². The van der Waals surface area contributed by atoms with E-state index in [9.17, 15) is 0 Å². The van der Waals surface area contributed by atoms with Gasteiger partial charge in [0.05, 0.1) is 32.3 Å². The first-order valence-corrected chi connectivity index (χ1v) is 39.5. The Bertz CT molecular complexity index is 2920. The van der Waals surface area contributed by atoms with E-state index in [2.05, 4.69) is 284 Å². The zero-order valence-corrected chi connectivity index (χ0v) is 48.2. The Hall–Kier alpha value is -5.77. The summed E-state index contributed by atoms with van der Waals surface area (Å²) in [7, 11) is -6.05. The Morgan fingerprint density at radius 1 is 0.257 bits per heavy atom. The van der Waals surface area contributed by atoms with Crippen LogP contribution in [0.3, 0.4) is 0 Å². The van der Waals surface area contributed by atoms with Crippen LogP contribution in [0.5, 0.6) is 0 Å². The lowest BCUT2D eigenvalue weighted by molar-refractivity contribution is 0.376. The van der Waals surface area contributed by atoms with Crippen LogP contribution in [0.15, 0.2) is 182 Å². The Morgan fingerprint density at radius 3 is 0.743 bits per heavy atom. The van der Waals surface area contributed by atoms with Crippen LogP contribution in [0.1, 0.15) is 36.1 Å². The average Bonchev–Trinajstić information content (AvgIpc) is 3.74. The second-order valence-electron chi connectivity index (χ2n) is 24.7. The first-order valence-electron chi connectivity index (χ1n) is 25.5. The molecule has 2 nitrogen and oxygen atoms in total. The molecule has 2 unspecified atom stereocenters. The summed E-state index contributed by atoms with van der Waals surface area (Å²) >= 11 is 0. The van der Waals surface area contributed by atoms with E-state index >= 15 is 0 Å². The molecular formula is C64H72N2Si4. The average molecular weight is 982 g/mol. The molecule has 0 saturated heterocycles. The molecule has 6 heteroatoms. The summed E-state index contributed by atoms with van der Waals surface area (Å²) in [6.45, 7) is 34.3. The molecule has 8 aromatic rings. The third-order valence-corrected chi connectivity index (χ3v) is 24.3. The van der Waals surface area contributed by atoms with Crippen molar-refractivity contribution in [3.05, 3.63) is 204 Å². The molecule has 10 rings (SSSR count). The maximum Gasteiger partial charge on any atom is 0.0775 e. The van der Waals surface area contributed by atoms with Gasteiger partial charge >= 0.3 is 0 Å². The van der Waals surface area contributed by atoms with Crippen LogP contribution in [0.4, 0.5) is 34.1 Å². The molecule has 0 bridgehead atoms. The van der Waals surface area contributed by atoms with E-state index in [-0.39, 0.29) is 0 Å². The summed E-state index contributed by atoms with van der Waals surface area (Å²) in [6, 6.07) is 71.1. The van der Waals surface area contributed by atoms with Gasteiger partial charge in [-0.15, -0.1) is 0 Å². The van der Waals surface area contributed by atoms with E-state index in [0.29, 0.717) is 0 Å². The highest BCUT2D eigenvalue weighted by Crippen LogP contribution is 2.65. The molecular weight excluding hydrogens is 909 g/mol.